The molecule has 132 valence electrons. The average Bonchev–Trinajstić information content (AvgIpc) is 3.17. The molecule has 2 aliphatic rings. The number of nitrogens with one attached hydrogen (secondary N) is 3. The molecule has 2 aliphatic heterocycles. The van der Waals surface area contributed by atoms with E-state index in [1.807, 2.05) is 23.9 Å². The summed E-state index contributed by atoms with van der Waals surface area (Å²) in [5, 5.41) is 17.9. The summed E-state index contributed by atoms with van der Waals surface area (Å²) in [4.78, 5) is 26.4. The molecular formula is C17H22N5O2S+. The van der Waals surface area contributed by atoms with Gasteiger partial charge in [0.15, 0.2) is 4.98 Å². The highest BCUT2D eigenvalue weighted by atomic mass is 32.2. The third kappa shape index (κ3) is 4.63. The zero-order chi connectivity index (χ0) is 17.6. The first kappa shape index (κ1) is 17.5. The number of carbonyl (C=O) groups excluding carboxylic acids is 2. The van der Waals surface area contributed by atoms with Crippen LogP contribution in [0.2, 0.25) is 0 Å². The Morgan fingerprint density at radius 3 is 2.84 bits per heavy atom. The maximum Gasteiger partial charge on any atom is 0.385 e. The van der Waals surface area contributed by atoms with Crippen LogP contribution in [0, 0.1) is 5.39 Å². The highest BCUT2D eigenvalue weighted by molar-refractivity contribution is 8.00. The lowest BCUT2D eigenvalue weighted by Crippen LogP contribution is -2.36. The smallest absolute Gasteiger partial charge is 0.352 e. The van der Waals surface area contributed by atoms with Crippen molar-refractivity contribution in [2.24, 2.45) is 0 Å². The molecule has 0 aliphatic carbocycles. The summed E-state index contributed by atoms with van der Waals surface area (Å²) >= 11 is 1.90. The molecule has 8 heteroatoms. The van der Waals surface area contributed by atoms with E-state index in [2.05, 4.69) is 20.9 Å². The van der Waals surface area contributed by atoms with E-state index < -0.39 is 0 Å². The molecule has 0 bridgehead atoms. The summed E-state index contributed by atoms with van der Waals surface area (Å²) in [6.07, 6.45) is 3.37. The summed E-state index contributed by atoms with van der Waals surface area (Å²) in [5.74, 6) is 1.01. The van der Waals surface area contributed by atoms with Crippen LogP contribution in [-0.4, -0.2) is 35.0 Å². The minimum Gasteiger partial charge on any atom is -0.352 e. The van der Waals surface area contributed by atoms with Crippen LogP contribution in [0.4, 0.5) is 10.5 Å². The third-order valence-corrected chi connectivity index (χ3v) is 6.13. The Balaban J connectivity index is 1.30. The Morgan fingerprint density at radius 1 is 1.28 bits per heavy atom. The van der Waals surface area contributed by atoms with Gasteiger partial charge in [0, 0.05) is 36.1 Å². The maximum absolute atomic E-state index is 11.9. The van der Waals surface area contributed by atoms with Crippen LogP contribution >= 0.6 is 11.8 Å². The molecule has 1 aromatic carbocycles. The normalized spacial score (nSPS) is 24.1. The van der Waals surface area contributed by atoms with E-state index in [1.165, 1.54) is 0 Å². The fourth-order valence-electron chi connectivity index (χ4n) is 3.24. The zero-order valence-corrected chi connectivity index (χ0v) is 14.7. The van der Waals surface area contributed by atoms with Crippen molar-refractivity contribution in [2.75, 3.05) is 5.75 Å². The Morgan fingerprint density at radius 2 is 2.08 bits per heavy atom. The topological polar surface area (TPSA) is 98.4 Å². The average molecular weight is 360 g/mol. The predicted molar refractivity (Wildman–Crippen MR) is 97.0 cm³/mol. The van der Waals surface area contributed by atoms with Crippen LogP contribution in [0.1, 0.15) is 31.2 Å². The number of fused-ring (bicyclic) bond motifs is 1. The van der Waals surface area contributed by atoms with Gasteiger partial charge in [0.25, 0.3) is 0 Å². The van der Waals surface area contributed by atoms with Crippen LogP contribution in [0.25, 0.3) is 4.98 Å². The van der Waals surface area contributed by atoms with Crippen molar-refractivity contribution < 1.29 is 9.59 Å². The standard InChI is InChI=1S/C17H21N5O2S/c18-22-12-7-5-11(6-8-12)9-19-15(23)4-2-1-3-14-16-13(10-25-14)20-17(24)21-16/h5-8,13-14,16H,1-4,9-10H2,(H2-,19,20,21,23,24)/p+1/t13-,14-,16-/m0/s1. The second kappa shape index (κ2) is 8.21. The summed E-state index contributed by atoms with van der Waals surface area (Å²) in [5.41, 5.74) is 1.47. The molecule has 2 heterocycles. The van der Waals surface area contributed by atoms with Gasteiger partial charge in [-0.1, -0.05) is 6.42 Å². The number of hydrogen-bond donors (Lipinski definition) is 3. The van der Waals surface area contributed by atoms with Gasteiger partial charge in [0.2, 0.25) is 11.3 Å². The number of rotatable bonds is 7. The quantitative estimate of drug-likeness (QED) is 0.395. The molecule has 0 spiro atoms. The highest BCUT2D eigenvalue weighted by Crippen LogP contribution is 2.33. The molecule has 3 rings (SSSR count). The van der Waals surface area contributed by atoms with E-state index in [0.29, 0.717) is 23.9 Å². The van der Waals surface area contributed by atoms with Crippen LogP contribution in [0.3, 0.4) is 0 Å². The Hall–Kier alpha value is -2.27. The van der Waals surface area contributed by atoms with E-state index in [-0.39, 0.29) is 24.0 Å². The van der Waals surface area contributed by atoms with Gasteiger partial charge in [-0.2, -0.15) is 11.8 Å². The van der Waals surface area contributed by atoms with Crippen molar-refractivity contribution in [2.45, 2.75) is 49.6 Å². The Bertz CT molecular complexity index is 673. The van der Waals surface area contributed by atoms with Crippen molar-refractivity contribution in [3.63, 3.8) is 0 Å². The molecule has 3 atom stereocenters. The molecule has 2 saturated heterocycles. The van der Waals surface area contributed by atoms with Gasteiger partial charge in [-0.05, 0) is 30.5 Å². The van der Waals surface area contributed by atoms with E-state index in [1.54, 1.807) is 12.1 Å². The third-order valence-electron chi connectivity index (χ3n) is 4.62. The summed E-state index contributed by atoms with van der Waals surface area (Å²) in [7, 11) is 0. The Kier molecular flexibility index (Phi) is 5.76. The summed E-state index contributed by atoms with van der Waals surface area (Å²) in [6, 6.07) is 7.49. The number of hydrogen-bond acceptors (Lipinski definition) is 4. The monoisotopic (exact) mass is 360 g/mol. The number of amides is 3. The van der Waals surface area contributed by atoms with E-state index >= 15 is 0 Å². The number of urea groups is 1. The van der Waals surface area contributed by atoms with Crippen LogP contribution in [-0.2, 0) is 11.3 Å². The molecule has 3 amide bonds. The second-order valence-corrected chi connectivity index (χ2v) is 7.68. The summed E-state index contributed by atoms with van der Waals surface area (Å²) in [6.45, 7) is 0.477. The molecule has 0 saturated carbocycles. The van der Waals surface area contributed by atoms with Gasteiger partial charge in [0.05, 0.1) is 12.1 Å². The van der Waals surface area contributed by atoms with Gasteiger partial charge in [0.1, 0.15) is 0 Å². The fraction of sp³-hybridized carbons (Fsp3) is 0.529. The van der Waals surface area contributed by atoms with E-state index in [0.717, 1.165) is 30.6 Å². The molecule has 0 aromatic heterocycles. The summed E-state index contributed by atoms with van der Waals surface area (Å²) < 4.78 is 0. The van der Waals surface area contributed by atoms with Crippen molar-refractivity contribution in [1.29, 1.82) is 5.39 Å². The SMILES string of the molecule is N#[N+]c1ccc(CNC(=O)CCCC[C@@H]2SC[C@@H]3NC(=O)N[C@@H]32)cc1. The fourth-order valence-corrected chi connectivity index (χ4v) is 4.79. The van der Waals surface area contributed by atoms with Crippen LogP contribution in [0.15, 0.2) is 24.3 Å². The molecule has 7 nitrogen and oxygen atoms in total. The first-order chi connectivity index (χ1) is 12.2. The van der Waals surface area contributed by atoms with Gasteiger partial charge < -0.3 is 16.0 Å². The lowest BCUT2D eigenvalue weighted by atomic mass is 10.0. The lowest BCUT2D eigenvalue weighted by molar-refractivity contribution is -0.121. The number of thioether (sulfide) groups is 1. The minimum absolute atomic E-state index is 0.0451. The second-order valence-electron chi connectivity index (χ2n) is 6.41. The van der Waals surface area contributed by atoms with Crippen molar-refractivity contribution >= 4 is 29.4 Å². The van der Waals surface area contributed by atoms with Crippen molar-refractivity contribution in [3.05, 3.63) is 34.8 Å². The van der Waals surface area contributed by atoms with Crippen molar-refractivity contribution in [3.8, 4) is 0 Å². The molecule has 25 heavy (non-hydrogen) atoms. The van der Waals surface area contributed by atoms with Crippen molar-refractivity contribution in [1.82, 2.24) is 16.0 Å². The number of unbranched alkanes of at least 4 members (excludes halogenated alkanes) is 1. The molecule has 0 unspecified atom stereocenters. The molecule has 1 aromatic rings. The lowest BCUT2D eigenvalue weighted by Gasteiger charge is -2.16. The number of carbonyl (C=O) groups is 2. The molecule has 0 radical (unpaired) electrons. The van der Waals surface area contributed by atoms with Crippen LogP contribution in [0.5, 0.6) is 0 Å². The number of nitrogens with zero attached hydrogens (tertiary/aromatic N) is 2. The minimum atomic E-state index is -0.0552. The van der Waals surface area contributed by atoms with Crippen LogP contribution < -0.4 is 16.0 Å². The van der Waals surface area contributed by atoms with Gasteiger partial charge >= 0.3 is 11.7 Å². The Labute approximate surface area is 150 Å². The largest absolute Gasteiger partial charge is 0.385 e. The number of diazo groups is 1. The van der Waals surface area contributed by atoms with E-state index in [4.69, 9.17) is 5.39 Å². The van der Waals surface area contributed by atoms with Gasteiger partial charge in [-0.15, -0.1) is 0 Å². The maximum atomic E-state index is 11.9. The molecule has 2 fully saturated rings. The molecular weight excluding hydrogens is 338 g/mol. The first-order valence-corrected chi connectivity index (χ1v) is 9.60. The van der Waals surface area contributed by atoms with Gasteiger partial charge in [-0.25, -0.2) is 4.79 Å². The highest BCUT2D eigenvalue weighted by Gasteiger charge is 2.42. The first-order valence-electron chi connectivity index (χ1n) is 8.55. The van der Waals surface area contributed by atoms with E-state index in [9.17, 15) is 9.59 Å². The van der Waals surface area contributed by atoms with Gasteiger partial charge in [-0.3, -0.25) is 4.79 Å². The number of benzene rings is 1. The zero-order valence-electron chi connectivity index (χ0n) is 13.9. The predicted octanol–water partition coefficient (Wildman–Crippen LogP) is 2.51. The molecule has 3 N–H and O–H groups in total.